The van der Waals surface area contributed by atoms with Crippen LogP contribution in [0, 0.1) is 0 Å². The molecule has 0 spiro atoms. The molecule has 0 saturated heterocycles. The van der Waals surface area contributed by atoms with Gasteiger partial charge in [-0.25, -0.2) is 4.98 Å². The summed E-state index contributed by atoms with van der Waals surface area (Å²) in [5.74, 6) is 0. The average molecular weight is 400 g/mol. The first-order valence-electron chi connectivity index (χ1n) is 6.06. The van der Waals surface area contributed by atoms with Crippen LogP contribution in [0.4, 0.5) is 13.2 Å². The summed E-state index contributed by atoms with van der Waals surface area (Å²) in [6.45, 7) is 2.58. The fourth-order valence-electron chi connectivity index (χ4n) is 1.68. The molecule has 1 aromatic carbocycles. The number of alkyl halides is 3. The number of hydrogen-bond donors (Lipinski definition) is 1. The van der Waals surface area contributed by atoms with E-state index >= 15 is 0 Å². The second-order valence-corrected chi connectivity index (χ2v) is 6.54. The standard InChI is InChI=1S/C13H11BrClF3N2S/c1-2-19-6-10-11(13(16,17)18)20-12(21-10)7-3-4-9(15)8(14)5-7/h3-5,19H,2,6H2,1H3. The predicted octanol–water partition coefficient (Wildman–Crippen LogP) is 5.35. The van der Waals surface area contributed by atoms with Crippen molar-refractivity contribution in [3.63, 3.8) is 0 Å². The van der Waals surface area contributed by atoms with Gasteiger partial charge in [0, 0.05) is 16.6 Å². The highest BCUT2D eigenvalue weighted by Crippen LogP contribution is 2.38. The summed E-state index contributed by atoms with van der Waals surface area (Å²) in [4.78, 5) is 3.95. The molecule has 21 heavy (non-hydrogen) atoms. The van der Waals surface area contributed by atoms with Crippen LogP contribution in [0.5, 0.6) is 0 Å². The molecule has 0 aliphatic carbocycles. The van der Waals surface area contributed by atoms with Crippen molar-refractivity contribution >= 4 is 38.9 Å². The highest BCUT2D eigenvalue weighted by molar-refractivity contribution is 9.10. The van der Waals surface area contributed by atoms with E-state index in [0.29, 0.717) is 26.6 Å². The number of aromatic nitrogens is 1. The van der Waals surface area contributed by atoms with Gasteiger partial charge < -0.3 is 5.32 Å². The summed E-state index contributed by atoms with van der Waals surface area (Å²) in [7, 11) is 0. The average Bonchev–Trinajstić information content (AvgIpc) is 2.83. The number of benzene rings is 1. The number of hydrogen-bond acceptors (Lipinski definition) is 3. The second-order valence-electron chi connectivity index (χ2n) is 4.20. The van der Waals surface area contributed by atoms with Crippen LogP contribution in [0.15, 0.2) is 22.7 Å². The summed E-state index contributed by atoms with van der Waals surface area (Å²) >= 11 is 10.2. The number of thiazole rings is 1. The maximum absolute atomic E-state index is 13.0. The van der Waals surface area contributed by atoms with Crippen LogP contribution in [0.2, 0.25) is 5.02 Å². The molecule has 0 fully saturated rings. The van der Waals surface area contributed by atoms with Crippen molar-refractivity contribution in [2.24, 2.45) is 0 Å². The lowest BCUT2D eigenvalue weighted by atomic mass is 10.2. The van der Waals surface area contributed by atoms with E-state index in [1.54, 1.807) is 18.2 Å². The summed E-state index contributed by atoms with van der Waals surface area (Å²) < 4.78 is 39.7. The lowest BCUT2D eigenvalue weighted by Crippen LogP contribution is -2.15. The Balaban J connectivity index is 2.45. The SMILES string of the molecule is CCNCc1sc(-c2ccc(Cl)c(Br)c2)nc1C(F)(F)F. The van der Waals surface area contributed by atoms with Gasteiger partial charge in [-0.1, -0.05) is 24.6 Å². The fourth-order valence-corrected chi connectivity index (χ4v) is 3.23. The van der Waals surface area contributed by atoms with Crippen molar-refractivity contribution < 1.29 is 13.2 Å². The van der Waals surface area contributed by atoms with Crippen LogP contribution >= 0.6 is 38.9 Å². The molecule has 1 heterocycles. The number of halogens is 5. The van der Waals surface area contributed by atoms with E-state index < -0.39 is 11.9 Å². The van der Waals surface area contributed by atoms with Crippen molar-refractivity contribution in [2.75, 3.05) is 6.54 Å². The minimum atomic E-state index is -4.46. The maximum Gasteiger partial charge on any atom is 0.434 e. The van der Waals surface area contributed by atoms with E-state index in [9.17, 15) is 13.2 Å². The van der Waals surface area contributed by atoms with Gasteiger partial charge >= 0.3 is 6.18 Å². The summed E-state index contributed by atoms with van der Waals surface area (Å²) in [5.41, 5.74) is -0.223. The summed E-state index contributed by atoms with van der Waals surface area (Å²) in [5, 5.41) is 3.73. The Morgan fingerprint density at radius 1 is 1.38 bits per heavy atom. The first kappa shape index (κ1) is 16.7. The predicted molar refractivity (Wildman–Crippen MR) is 82.6 cm³/mol. The second kappa shape index (κ2) is 6.64. The Bertz CT molecular complexity index is 643. The van der Waals surface area contributed by atoms with Gasteiger partial charge in [-0.15, -0.1) is 11.3 Å². The Labute approximate surface area is 137 Å². The number of nitrogens with zero attached hydrogens (tertiary/aromatic N) is 1. The van der Waals surface area contributed by atoms with Gasteiger partial charge in [0.25, 0.3) is 0 Å². The van der Waals surface area contributed by atoms with Gasteiger partial charge in [-0.2, -0.15) is 13.2 Å². The van der Waals surface area contributed by atoms with Crippen molar-refractivity contribution in [2.45, 2.75) is 19.6 Å². The highest BCUT2D eigenvalue weighted by atomic mass is 79.9. The third-order valence-corrected chi connectivity index (χ3v) is 4.99. The molecule has 2 nitrogen and oxygen atoms in total. The van der Waals surface area contributed by atoms with Gasteiger partial charge in [-0.3, -0.25) is 0 Å². The molecule has 0 radical (unpaired) electrons. The van der Waals surface area contributed by atoms with Crippen molar-refractivity contribution in [1.82, 2.24) is 10.3 Å². The zero-order chi connectivity index (χ0) is 15.6. The van der Waals surface area contributed by atoms with Gasteiger partial charge in [0.15, 0.2) is 5.69 Å². The third-order valence-electron chi connectivity index (χ3n) is 2.67. The van der Waals surface area contributed by atoms with Crippen LogP contribution in [-0.4, -0.2) is 11.5 Å². The first-order chi connectivity index (χ1) is 9.82. The minimum Gasteiger partial charge on any atom is -0.312 e. The number of rotatable bonds is 4. The Morgan fingerprint density at radius 3 is 2.67 bits per heavy atom. The van der Waals surface area contributed by atoms with E-state index in [2.05, 4.69) is 26.2 Å². The van der Waals surface area contributed by atoms with E-state index in [4.69, 9.17) is 11.6 Å². The lowest BCUT2D eigenvalue weighted by molar-refractivity contribution is -0.141. The molecule has 1 aromatic heterocycles. The van der Waals surface area contributed by atoms with Gasteiger partial charge in [0.1, 0.15) is 5.01 Å². The quantitative estimate of drug-likeness (QED) is 0.749. The molecule has 2 rings (SSSR count). The normalized spacial score (nSPS) is 11.9. The Hall–Kier alpha value is -0.630. The monoisotopic (exact) mass is 398 g/mol. The molecule has 0 aliphatic heterocycles. The Kier molecular flexibility index (Phi) is 5.29. The van der Waals surface area contributed by atoms with Crippen molar-refractivity contribution in [3.05, 3.63) is 38.3 Å². The molecule has 0 amide bonds. The van der Waals surface area contributed by atoms with Crippen LogP contribution in [0.3, 0.4) is 0 Å². The van der Waals surface area contributed by atoms with Crippen LogP contribution < -0.4 is 5.32 Å². The van der Waals surface area contributed by atoms with E-state index in [1.807, 2.05) is 6.92 Å². The zero-order valence-electron chi connectivity index (χ0n) is 10.9. The van der Waals surface area contributed by atoms with Crippen LogP contribution in [0.1, 0.15) is 17.5 Å². The molecule has 0 aliphatic rings. The lowest BCUT2D eigenvalue weighted by Gasteiger charge is -2.05. The minimum absolute atomic E-state index is 0.151. The third kappa shape index (κ3) is 3.97. The maximum atomic E-state index is 13.0. The van der Waals surface area contributed by atoms with Crippen LogP contribution in [-0.2, 0) is 12.7 Å². The fraction of sp³-hybridized carbons (Fsp3) is 0.308. The highest BCUT2D eigenvalue weighted by Gasteiger charge is 2.37. The molecule has 0 unspecified atom stereocenters. The first-order valence-corrected chi connectivity index (χ1v) is 8.04. The van der Waals surface area contributed by atoms with E-state index in [-0.39, 0.29) is 11.4 Å². The van der Waals surface area contributed by atoms with E-state index in [0.717, 1.165) is 11.3 Å². The van der Waals surface area contributed by atoms with Gasteiger partial charge in [0.05, 0.1) is 9.90 Å². The molecule has 0 atom stereocenters. The summed E-state index contributed by atoms with van der Waals surface area (Å²) in [6, 6.07) is 4.95. The molecule has 1 N–H and O–H groups in total. The Morgan fingerprint density at radius 2 is 2.10 bits per heavy atom. The topological polar surface area (TPSA) is 24.9 Å². The molecule has 0 bridgehead atoms. The zero-order valence-corrected chi connectivity index (χ0v) is 14.0. The van der Waals surface area contributed by atoms with Crippen LogP contribution in [0.25, 0.3) is 10.6 Å². The molecule has 2 aromatic rings. The molecular weight excluding hydrogens is 389 g/mol. The van der Waals surface area contributed by atoms with E-state index in [1.165, 1.54) is 0 Å². The smallest absolute Gasteiger partial charge is 0.312 e. The molecule has 114 valence electrons. The van der Waals surface area contributed by atoms with Crippen molar-refractivity contribution in [3.8, 4) is 10.6 Å². The van der Waals surface area contributed by atoms with Crippen molar-refractivity contribution in [1.29, 1.82) is 0 Å². The molecule has 0 saturated carbocycles. The molecule has 8 heteroatoms. The largest absolute Gasteiger partial charge is 0.434 e. The number of nitrogens with one attached hydrogen (secondary N) is 1. The summed E-state index contributed by atoms with van der Waals surface area (Å²) in [6.07, 6.45) is -4.46. The van der Waals surface area contributed by atoms with Gasteiger partial charge in [-0.05, 0) is 34.6 Å². The van der Waals surface area contributed by atoms with Gasteiger partial charge in [0.2, 0.25) is 0 Å². The molecular formula is C13H11BrClF3N2S.